The lowest BCUT2D eigenvalue weighted by Gasteiger charge is -2.19. The van der Waals surface area contributed by atoms with E-state index >= 15 is 0 Å². The number of carbonyl (C=O) groups is 1. The smallest absolute Gasteiger partial charge is 0.352 e. The van der Waals surface area contributed by atoms with Crippen LogP contribution in [0.2, 0.25) is 5.02 Å². The number of fused-ring (bicyclic) bond motifs is 1. The molecule has 6 heteroatoms. The van der Waals surface area contributed by atoms with Crippen LogP contribution in [-0.4, -0.2) is 28.9 Å². The van der Waals surface area contributed by atoms with E-state index in [2.05, 4.69) is 0 Å². The molecule has 0 unspecified atom stereocenters. The normalized spacial score (nSPS) is 13.2. The van der Waals surface area contributed by atoms with Crippen LogP contribution in [0.4, 0.5) is 0 Å². The minimum absolute atomic E-state index is 0.192. The third kappa shape index (κ3) is 2.97. The standard InChI is InChI=1S/C15H14ClNO4/c16-11-8-12(15(18)19)17(9-11)4-3-10-1-2-13-14(7-10)21-6-5-20-13/h1-2,7-9H,3-6H2,(H,18,19). The molecule has 110 valence electrons. The number of ether oxygens (including phenoxy) is 2. The first-order chi connectivity index (χ1) is 10.1. The van der Waals surface area contributed by atoms with E-state index in [9.17, 15) is 4.79 Å². The number of hydrogen-bond donors (Lipinski definition) is 1. The number of carboxylic acid groups (broad SMARTS) is 1. The summed E-state index contributed by atoms with van der Waals surface area (Å²) in [6.07, 6.45) is 2.31. The molecule has 0 amide bonds. The number of benzene rings is 1. The van der Waals surface area contributed by atoms with Crippen LogP contribution in [0.3, 0.4) is 0 Å². The summed E-state index contributed by atoms with van der Waals surface area (Å²) in [5.74, 6) is 0.507. The van der Waals surface area contributed by atoms with Gasteiger partial charge in [-0.3, -0.25) is 0 Å². The Labute approximate surface area is 126 Å². The maximum absolute atomic E-state index is 11.1. The van der Waals surface area contributed by atoms with E-state index in [1.165, 1.54) is 6.07 Å². The van der Waals surface area contributed by atoms with Gasteiger partial charge in [0.1, 0.15) is 18.9 Å². The predicted molar refractivity (Wildman–Crippen MR) is 77.5 cm³/mol. The van der Waals surface area contributed by atoms with Crippen LogP contribution in [0, 0.1) is 0 Å². The molecular weight excluding hydrogens is 294 g/mol. The molecule has 2 aromatic rings. The molecule has 5 nitrogen and oxygen atoms in total. The fourth-order valence-electron chi connectivity index (χ4n) is 2.33. The number of rotatable bonds is 4. The number of aryl methyl sites for hydroxylation is 2. The van der Waals surface area contributed by atoms with Gasteiger partial charge in [-0.15, -0.1) is 0 Å². The van der Waals surface area contributed by atoms with Crippen molar-refractivity contribution in [3.8, 4) is 11.5 Å². The van der Waals surface area contributed by atoms with Crippen molar-refractivity contribution in [1.82, 2.24) is 4.57 Å². The zero-order chi connectivity index (χ0) is 14.8. The Bertz CT molecular complexity index is 680. The summed E-state index contributed by atoms with van der Waals surface area (Å²) in [6, 6.07) is 7.22. The van der Waals surface area contributed by atoms with E-state index in [4.69, 9.17) is 26.2 Å². The fraction of sp³-hybridized carbons (Fsp3) is 0.267. The molecule has 21 heavy (non-hydrogen) atoms. The summed E-state index contributed by atoms with van der Waals surface area (Å²) in [5, 5.41) is 9.54. The summed E-state index contributed by atoms with van der Waals surface area (Å²) < 4.78 is 12.6. The molecule has 1 aromatic carbocycles. The Kier molecular flexibility index (Phi) is 3.75. The van der Waals surface area contributed by atoms with Crippen molar-refractivity contribution in [3.63, 3.8) is 0 Å². The fourth-order valence-corrected chi connectivity index (χ4v) is 2.55. The third-order valence-corrected chi connectivity index (χ3v) is 3.54. The van der Waals surface area contributed by atoms with E-state index in [1.807, 2.05) is 18.2 Å². The van der Waals surface area contributed by atoms with Crippen LogP contribution >= 0.6 is 11.6 Å². The molecule has 2 heterocycles. The summed E-state index contributed by atoms with van der Waals surface area (Å²) in [6.45, 7) is 1.65. The number of carboxylic acids is 1. The Morgan fingerprint density at radius 2 is 2.00 bits per heavy atom. The average molecular weight is 308 g/mol. The van der Waals surface area contributed by atoms with Crippen molar-refractivity contribution >= 4 is 17.6 Å². The predicted octanol–water partition coefficient (Wildman–Crippen LogP) is 2.85. The van der Waals surface area contributed by atoms with Crippen LogP contribution in [0.1, 0.15) is 16.1 Å². The second-order valence-corrected chi connectivity index (χ2v) is 5.21. The van der Waals surface area contributed by atoms with Gasteiger partial charge in [-0.25, -0.2) is 4.79 Å². The van der Waals surface area contributed by atoms with Gasteiger partial charge < -0.3 is 19.1 Å². The summed E-state index contributed by atoms with van der Waals surface area (Å²) in [7, 11) is 0. The maximum Gasteiger partial charge on any atom is 0.352 e. The van der Waals surface area contributed by atoms with Gasteiger partial charge in [0.05, 0.1) is 5.02 Å². The van der Waals surface area contributed by atoms with Crippen LogP contribution in [0.5, 0.6) is 11.5 Å². The number of aromatic nitrogens is 1. The van der Waals surface area contributed by atoms with E-state index in [0.29, 0.717) is 31.2 Å². The number of halogens is 1. The average Bonchev–Trinajstić information content (AvgIpc) is 2.86. The van der Waals surface area contributed by atoms with Crippen molar-refractivity contribution in [2.75, 3.05) is 13.2 Å². The molecular formula is C15H14ClNO4. The highest BCUT2D eigenvalue weighted by atomic mass is 35.5. The maximum atomic E-state index is 11.1. The first kappa shape index (κ1) is 13.8. The first-order valence-electron chi connectivity index (χ1n) is 6.61. The number of nitrogens with zero attached hydrogens (tertiary/aromatic N) is 1. The molecule has 1 aromatic heterocycles. The quantitative estimate of drug-likeness (QED) is 0.943. The molecule has 3 rings (SSSR count). The van der Waals surface area contributed by atoms with Gasteiger partial charge in [-0.2, -0.15) is 0 Å². The second kappa shape index (κ2) is 5.69. The highest BCUT2D eigenvalue weighted by molar-refractivity contribution is 6.30. The van der Waals surface area contributed by atoms with Crippen LogP contribution in [0.15, 0.2) is 30.5 Å². The zero-order valence-electron chi connectivity index (χ0n) is 11.2. The SMILES string of the molecule is O=C(O)c1cc(Cl)cn1CCc1ccc2c(c1)OCCO2. The lowest BCUT2D eigenvalue weighted by Crippen LogP contribution is -2.15. The molecule has 0 bridgehead atoms. The van der Waals surface area contributed by atoms with Gasteiger partial charge in [0, 0.05) is 12.7 Å². The largest absolute Gasteiger partial charge is 0.486 e. The molecule has 1 aliphatic rings. The minimum atomic E-state index is -0.982. The molecule has 1 N–H and O–H groups in total. The lowest BCUT2D eigenvalue weighted by molar-refractivity contribution is 0.0685. The minimum Gasteiger partial charge on any atom is -0.486 e. The van der Waals surface area contributed by atoms with Crippen LogP contribution in [0.25, 0.3) is 0 Å². The first-order valence-corrected chi connectivity index (χ1v) is 6.99. The monoisotopic (exact) mass is 307 g/mol. The molecule has 0 radical (unpaired) electrons. The van der Waals surface area contributed by atoms with Crippen LogP contribution < -0.4 is 9.47 Å². The van der Waals surface area contributed by atoms with Gasteiger partial charge in [0.25, 0.3) is 0 Å². The highest BCUT2D eigenvalue weighted by Crippen LogP contribution is 2.31. The van der Waals surface area contributed by atoms with Gasteiger partial charge in [0.15, 0.2) is 11.5 Å². The molecule has 0 fully saturated rings. The van der Waals surface area contributed by atoms with Crippen molar-refractivity contribution in [2.24, 2.45) is 0 Å². The molecule has 1 aliphatic heterocycles. The van der Waals surface area contributed by atoms with Gasteiger partial charge in [-0.05, 0) is 30.2 Å². The molecule has 0 atom stereocenters. The topological polar surface area (TPSA) is 60.7 Å². The third-order valence-electron chi connectivity index (χ3n) is 3.33. The van der Waals surface area contributed by atoms with Crippen molar-refractivity contribution < 1.29 is 19.4 Å². The van der Waals surface area contributed by atoms with E-state index in [1.54, 1.807) is 10.8 Å². The molecule has 0 aliphatic carbocycles. The van der Waals surface area contributed by atoms with Crippen LogP contribution in [-0.2, 0) is 13.0 Å². The summed E-state index contributed by atoms with van der Waals surface area (Å²) in [4.78, 5) is 11.1. The van der Waals surface area contributed by atoms with Crippen molar-refractivity contribution in [2.45, 2.75) is 13.0 Å². The summed E-state index contributed by atoms with van der Waals surface area (Å²) in [5.41, 5.74) is 1.25. The summed E-state index contributed by atoms with van der Waals surface area (Å²) >= 11 is 5.87. The second-order valence-electron chi connectivity index (χ2n) is 4.77. The molecule has 0 spiro atoms. The molecule has 0 saturated carbocycles. The number of hydrogen-bond acceptors (Lipinski definition) is 3. The van der Waals surface area contributed by atoms with E-state index < -0.39 is 5.97 Å². The highest BCUT2D eigenvalue weighted by Gasteiger charge is 2.14. The van der Waals surface area contributed by atoms with Crippen molar-refractivity contribution in [1.29, 1.82) is 0 Å². The Hall–Kier alpha value is -2.14. The van der Waals surface area contributed by atoms with Gasteiger partial charge in [0.2, 0.25) is 0 Å². The number of aromatic carboxylic acids is 1. The zero-order valence-corrected chi connectivity index (χ0v) is 12.0. The lowest BCUT2D eigenvalue weighted by atomic mass is 10.1. The van der Waals surface area contributed by atoms with Crippen molar-refractivity contribution in [3.05, 3.63) is 46.7 Å². The Morgan fingerprint density at radius 1 is 1.24 bits per heavy atom. The Balaban J connectivity index is 1.74. The van der Waals surface area contributed by atoms with E-state index in [-0.39, 0.29) is 5.69 Å². The van der Waals surface area contributed by atoms with Gasteiger partial charge in [-0.1, -0.05) is 17.7 Å². The Morgan fingerprint density at radius 3 is 2.76 bits per heavy atom. The molecule has 0 saturated heterocycles. The van der Waals surface area contributed by atoms with Gasteiger partial charge >= 0.3 is 5.97 Å². The van der Waals surface area contributed by atoms with E-state index in [0.717, 1.165) is 17.1 Å².